The number of halogens is 1. The number of carbonyl (C=O) groups excluding carboxylic acids is 1. The fourth-order valence-corrected chi connectivity index (χ4v) is 3.95. The van der Waals surface area contributed by atoms with E-state index in [0.717, 1.165) is 5.56 Å². The van der Waals surface area contributed by atoms with Crippen LogP contribution in [0, 0.1) is 12.8 Å². The fourth-order valence-electron chi connectivity index (χ4n) is 3.42. The molecule has 0 bridgehead atoms. The van der Waals surface area contributed by atoms with Crippen LogP contribution in [-0.4, -0.2) is 24.7 Å². The molecule has 1 aliphatic rings. The van der Waals surface area contributed by atoms with Crippen molar-refractivity contribution in [3.05, 3.63) is 77.5 Å². The number of ether oxygens (including phenoxy) is 2. The van der Waals surface area contributed by atoms with E-state index in [2.05, 4.69) is 29.1 Å². The van der Waals surface area contributed by atoms with Gasteiger partial charge in [-0.2, -0.15) is 0 Å². The van der Waals surface area contributed by atoms with Crippen molar-refractivity contribution >= 4 is 40.5 Å². The summed E-state index contributed by atoms with van der Waals surface area (Å²) in [6.45, 7) is 9.91. The first-order valence-electron chi connectivity index (χ1n) is 9.59. The van der Waals surface area contributed by atoms with E-state index in [4.69, 9.17) is 33.3 Å². The number of aryl methyl sites for hydroxylation is 1. The van der Waals surface area contributed by atoms with E-state index in [1.165, 1.54) is 7.11 Å². The van der Waals surface area contributed by atoms with Crippen molar-refractivity contribution in [2.45, 2.75) is 13.0 Å². The summed E-state index contributed by atoms with van der Waals surface area (Å²) in [4.78, 5) is 13.2. The van der Waals surface area contributed by atoms with Gasteiger partial charge in [-0.1, -0.05) is 43.0 Å². The van der Waals surface area contributed by atoms with Crippen molar-refractivity contribution < 1.29 is 14.3 Å². The highest BCUT2D eigenvalue weighted by atomic mass is 35.5. The molecule has 1 aliphatic heterocycles. The molecule has 0 aliphatic carbocycles. The van der Waals surface area contributed by atoms with Crippen molar-refractivity contribution in [1.29, 1.82) is 0 Å². The van der Waals surface area contributed by atoms with Gasteiger partial charge in [-0.25, -0.2) is 0 Å². The van der Waals surface area contributed by atoms with Crippen LogP contribution in [0.5, 0.6) is 11.5 Å². The standard InChI is InChI=1S/C23H24ClN3O3S/c1-5-9-30-21-17(24)11-15(12-18(21)29-4)20-19(14(3)25-23(31)27-20)22(28)26-16-8-6-7-13(2)10-16/h5-8,10-12,19-20H,1,3,9H2,2,4H3,(H,26,28)(H2,25,27,31)/t19-,20-/m0/s1. The van der Waals surface area contributed by atoms with Gasteiger partial charge < -0.3 is 25.4 Å². The van der Waals surface area contributed by atoms with Crippen molar-refractivity contribution in [3.8, 4) is 11.5 Å². The molecule has 1 fully saturated rings. The summed E-state index contributed by atoms with van der Waals surface area (Å²) in [5, 5.41) is 9.80. The molecule has 0 saturated carbocycles. The van der Waals surface area contributed by atoms with Crippen molar-refractivity contribution in [3.63, 3.8) is 0 Å². The fraction of sp³-hybridized carbons (Fsp3) is 0.217. The molecule has 1 heterocycles. The van der Waals surface area contributed by atoms with Crippen LogP contribution in [0.3, 0.4) is 0 Å². The van der Waals surface area contributed by atoms with E-state index in [9.17, 15) is 4.79 Å². The summed E-state index contributed by atoms with van der Waals surface area (Å²) < 4.78 is 11.1. The third kappa shape index (κ3) is 5.18. The van der Waals surface area contributed by atoms with Gasteiger partial charge in [0.2, 0.25) is 5.91 Å². The minimum absolute atomic E-state index is 0.231. The van der Waals surface area contributed by atoms with Gasteiger partial charge in [-0.05, 0) is 54.5 Å². The van der Waals surface area contributed by atoms with Crippen molar-refractivity contribution in [2.24, 2.45) is 5.92 Å². The molecule has 8 heteroatoms. The number of methoxy groups -OCH3 is 1. The minimum atomic E-state index is -0.659. The molecule has 0 radical (unpaired) electrons. The molecule has 6 nitrogen and oxygen atoms in total. The van der Waals surface area contributed by atoms with Crippen LogP contribution < -0.4 is 25.4 Å². The summed E-state index contributed by atoms with van der Waals surface area (Å²) >= 11 is 11.8. The van der Waals surface area contributed by atoms with E-state index in [1.807, 2.05) is 31.2 Å². The van der Waals surface area contributed by atoms with Gasteiger partial charge in [0.05, 0.1) is 18.2 Å². The van der Waals surface area contributed by atoms with Crippen LogP contribution in [0.2, 0.25) is 5.02 Å². The van der Waals surface area contributed by atoms with Gasteiger partial charge in [-0.15, -0.1) is 0 Å². The molecule has 3 N–H and O–H groups in total. The van der Waals surface area contributed by atoms with E-state index in [-0.39, 0.29) is 12.5 Å². The monoisotopic (exact) mass is 457 g/mol. The molecule has 0 spiro atoms. The number of hydrogen-bond donors (Lipinski definition) is 3. The average molecular weight is 458 g/mol. The summed E-state index contributed by atoms with van der Waals surface area (Å²) in [5.74, 6) is -0.0407. The summed E-state index contributed by atoms with van der Waals surface area (Å²) in [5.41, 5.74) is 2.94. The molecule has 1 amide bonds. The summed E-state index contributed by atoms with van der Waals surface area (Å²) in [7, 11) is 1.53. The number of hydrogen-bond acceptors (Lipinski definition) is 4. The largest absolute Gasteiger partial charge is 0.493 e. The van der Waals surface area contributed by atoms with E-state index in [1.54, 1.807) is 18.2 Å². The van der Waals surface area contributed by atoms with Gasteiger partial charge in [-0.3, -0.25) is 4.79 Å². The maximum Gasteiger partial charge on any atom is 0.235 e. The average Bonchev–Trinajstić information content (AvgIpc) is 2.71. The van der Waals surface area contributed by atoms with Crippen LogP contribution >= 0.6 is 23.8 Å². The predicted octanol–water partition coefficient (Wildman–Crippen LogP) is 4.51. The number of benzene rings is 2. The Labute approximate surface area is 192 Å². The third-order valence-electron chi connectivity index (χ3n) is 4.79. The molecular formula is C23H24ClN3O3S. The molecule has 2 atom stereocenters. The lowest BCUT2D eigenvalue weighted by molar-refractivity contribution is -0.119. The SMILES string of the molecule is C=CCOc1c(Cl)cc([C@@H]2NC(=S)NC(=C)[C@@H]2C(=O)Nc2cccc(C)c2)cc1OC. The molecule has 0 aromatic heterocycles. The Hall–Kier alpha value is -3.03. The molecule has 0 unspecified atom stereocenters. The maximum atomic E-state index is 13.2. The third-order valence-corrected chi connectivity index (χ3v) is 5.29. The normalized spacial score (nSPS) is 17.9. The van der Waals surface area contributed by atoms with E-state index >= 15 is 0 Å². The van der Waals surface area contributed by atoms with Gasteiger partial charge in [0.25, 0.3) is 0 Å². The number of rotatable bonds is 7. The highest BCUT2D eigenvalue weighted by Gasteiger charge is 2.37. The second kappa shape index (κ2) is 9.85. The van der Waals surface area contributed by atoms with Crippen molar-refractivity contribution in [2.75, 3.05) is 19.0 Å². The summed E-state index contributed by atoms with van der Waals surface area (Å²) in [6.07, 6.45) is 1.62. The quantitative estimate of drug-likeness (QED) is 0.419. The Morgan fingerprint density at radius 1 is 1.35 bits per heavy atom. The number of nitrogens with one attached hydrogen (secondary N) is 3. The van der Waals surface area contributed by atoms with Crippen LogP contribution in [0.1, 0.15) is 17.2 Å². The number of anilines is 1. The molecule has 162 valence electrons. The lowest BCUT2D eigenvalue weighted by Gasteiger charge is -2.35. The Balaban J connectivity index is 1.96. The zero-order valence-corrected chi connectivity index (χ0v) is 18.9. The van der Waals surface area contributed by atoms with E-state index < -0.39 is 12.0 Å². The molecular weight excluding hydrogens is 434 g/mol. The number of carbonyl (C=O) groups is 1. The highest BCUT2D eigenvalue weighted by molar-refractivity contribution is 7.80. The lowest BCUT2D eigenvalue weighted by atomic mass is 9.88. The first-order chi connectivity index (χ1) is 14.8. The Morgan fingerprint density at radius 3 is 2.81 bits per heavy atom. The molecule has 2 aromatic carbocycles. The van der Waals surface area contributed by atoms with Crippen LogP contribution in [0.4, 0.5) is 5.69 Å². The van der Waals surface area contributed by atoms with Crippen LogP contribution in [-0.2, 0) is 4.79 Å². The maximum absolute atomic E-state index is 13.2. The summed E-state index contributed by atoms with van der Waals surface area (Å²) in [6, 6.07) is 10.6. The zero-order valence-electron chi connectivity index (χ0n) is 17.3. The van der Waals surface area contributed by atoms with Crippen molar-refractivity contribution in [1.82, 2.24) is 10.6 Å². The zero-order chi connectivity index (χ0) is 22.5. The van der Waals surface area contributed by atoms with E-state index in [0.29, 0.717) is 38.6 Å². The Kier molecular flexibility index (Phi) is 7.20. The lowest BCUT2D eigenvalue weighted by Crippen LogP contribution is -2.51. The minimum Gasteiger partial charge on any atom is -0.493 e. The molecule has 1 saturated heterocycles. The molecule has 3 rings (SSSR count). The first kappa shape index (κ1) is 22.7. The highest BCUT2D eigenvalue weighted by Crippen LogP contribution is 2.41. The number of thiocarbonyl (C=S) groups is 1. The van der Waals surface area contributed by atoms with Gasteiger partial charge in [0.1, 0.15) is 12.5 Å². The van der Waals surface area contributed by atoms with Crippen LogP contribution in [0.25, 0.3) is 0 Å². The topological polar surface area (TPSA) is 71.6 Å². The van der Waals surface area contributed by atoms with Gasteiger partial charge >= 0.3 is 0 Å². The molecule has 2 aromatic rings. The first-order valence-corrected chi connectivity index (χ1v) is 10.4. The van der Waals surface area contributed by atoms with Gasteiger partial charge in [0, 0.05) is 11.4 Å². The Bertz CT molecular complexity index is 1040. The van der Waals surface area contributed by atoms with Gasteiger partial charge in [0.15, 0.2) is 16.6 Å². The second-order valence-electron chi connectivity index (χ2n) is 7.07. The predicted molar refractivity (Wildman–Crippen MR) is 128 cm³/mol. The van der Waals surface area contributed by atoms with Crippen LogP contribution in [0.15, 0.2) is 61.3 Å². The molecule has 31 heavy (non-hydrogen) atoms. The second-order valence-corrected chi connectivity index (χ2v) is 7.89. The number of amides is 1. The smallest absolute Gasteiger partial charge is 0.235 e. The Morgan fingerprint density at radius 2 is 2.13 bits per heavy atom.